The molecule has 4 aromatic rings. The number of nitrogens with zero attached hydrogens (tertiary/aromatic N) is 4. The Balaban J connectivity index is 1.69. The maximum absolute atomic E-state index is 12.7. The molecule has 27 heavy (non-hydrogen) atoms. The number of rotatable bonds is 4. The Kier molecular flexibility index (Phi) is 4.39. The normalized spacial score (nSPS) is 11.3. The van der Waals surface area contributed by atoms with Gasteiger partial charge in [-0.2, -0.15) is 4.68 Å². The Morgan fingerprint density at radius 1 is 1.07 bits per heavy atom. The van der Waals surface area contributed by atoms with Gasteiger partial charge in [0.15, 0.2) is 5.69 Å². The predicted molar refractivity (Wildman–Crippen MR) is 105 cm³/mol. The minimum Gasteiger partial charge on any atom is -0.506 e. The maximum Gasteiger partial charge on any atom is 0.301 e. The number of para-hydroxylation sites is 1. The van der Waals surface area contributed by atoms with E-state index in [0.29, 0.717) is 16.5 Å². The highest BCUT2D eigenvalue weighted by Crippen LogP contribution is 2.28. The number of aromatic amines is 1. The molecular formula is C19H15N5O2S. The van der Waals surface area contributed by atoms with Crippen molar-refractivity contribution in [2.24, 2.45) is 10.2 Å². The third-order valence-electron chi connectivity index (χ3n) is 3.93. The third kappa shape index (κ3) is 3.30. The summed E-state index contributed by atoms with van der Waals surface area (Å²) in [5.41, 5.74) is 2.47. The van der Waals surface area contributed by atoms with Crippen LogP contribution in [0.3, 0.4) is 0 Å². The molecule has 0 radical (unpaired) electrons. The van der Waals surface area contributed by atoms with Crippen molar-refractivity contribution >= 4 is 22.7 Å². The summed E-state index contributed by atoms with van der Waals surface area (Å²) >= 11 is 1.36. The van der Waals surface area contributed by atoms with Crippen LogP contribution in [0.2, 0.25) is 0 Å². The quantitative estimate of drug-likeness (QED) is 0.504. The van der Waals surface area contributed by atoms with Gasteiger partial charge in [-0.05, 0) is 19.1 Å². The van der Waals surface area contributed by atoms with E-state index in [0.717, 1.165) is 11.3 Å². The monoisotopic (exact) mass is 377 g/mol. The molecule has 0 bridgehead atoms. The molecule has 0 spiro atoms. The number of phenols is 1. The first-order valence-corrected chi connectivity index (χ1v) is 9.04. The molecule has 2 N–H and O–H groups in total. The van der Waals surface area contributed by atoms with E-state index in [-0.39, 0.29) is 17.0 Å². The third-order valence-corrected chi connectivity index (χ3v) is 4.76. The maximum atomic E-state index is 12.7. The minimum atomic E-state index is -0.347. The molecule has 0 aliphatic heterocycles. The number of hydrogen-bond donors (Lipinski definition) is 2. The van der Waals surface area contributed by atoms with Gasteiger partial charge in [-0.1, -0.05) is 42.5 Å². The largest absolute Gasteiger partial charge is 0.506 e. The van der Waals surface area contributed by atoms with Crippen LogP contribution in [0.4, 0.5) is 11.4 Å². The van der Waals surface area contributed by atoms with E-state index in [1.54, 1.807) is 25.1 Å². The van der Waals surface area contributed by atoms with Crippen molar-refractivity contribution in [3.05, 3.63) is 76.0 Å². The van der Waals surface area contributed by atoms with Crippen molar-refractivity contribution in [2.75, 3.05) is 0 Å². The van der Waals surface area contributed by atoms with E-state index in [2.05, 4.69) is 20.3 Å². The number of hydrogen-bond acceptors (Lipinski definition) is 6. The molecule has 0 aliphatic carbocycles. The van der Waals surface area contributed by atoms with Gasteiger partial charge < -0.3 is 5.11 Å². The highest BCUT2D eigenvalue weighted by molar-refractivity contribution is 7.12. The lowest BCUT2D eigenvalue weighted by molar-refractivity contribution is 0.476. The second kappa shape index (κ2) is 7.00. The summed E-state index contributed by atoms with van der Waals surface area (Å²) < 4.78 is 1.35. The molecule has 2 heterocycles. The van der Waals surface area contributed by atoms with Crippen molar-refractivity contribution in [2.45, 2.75) is 6.92 Å². The van der Waals surface area contributed by atoms with Crippen LogP contribution in [-0.2, 0) is 0 Å². The Morgan fingerprint density at radius 3 is 2.59 bits per heavy atom. The Labute approximate surface area is 158 Å². The lowest BCUT2D eigenvalue weighted by Gasteiger charge is -1.96. The molecule has 4 rings (SSSR count). The van der Waals surface area contributed by atoms with Crippen molar-refractivity contribution in [3.8, 4) is 22.1 Å². The summed E-state index contributed by atoms with van der Waals surface area (Å²) in [6.07, 6.45) is 0. The first kappa shape index (κ1) is 16.9. The fourth-order valence-electron chi connectivity index (χ4n) is 2.55. The van der Waals surface area contributed by atoms with Crippen LogP contribution in [-0.4, -0.2) is 19.9 Å². The number of aromatic nitrogens is 3. The molecule has 7 nitrogen and oxygen atoms in total. The molecule has 0 aliphatic rings. The van der Waals surface area contributed by atoms with E-state index in [1.165, 1.54) is 22.1 Å². The standard InChI is InChI=1S/C19H15N5O2S/c1-12-17(22-21-14-9-5-6-10-16(14)25)18(26)24(23-12)19-20-15(11-27-19)13-7-3-2-4-8-13/h2-11,23,25H,1H3. The topological polar surface area (TPSA) is 95.6 Å². The van der Waals surface area contributed by atoms with Gasteiger partial charge in [-0.15, -0.1) is 21.6 Å². The summed E-state index contributed by atoms with van der Waals surface area (Å²) in [6.45, 7) is 1.74. The van der Waals surface area contributed by atoms with Gasteiger partial charge in [0.2, 0.25) is 5.13 Å². The van der Waals surface area contributed by atoms with Gasteiger partial charge in [0.1, 0.15) is 11.4 Å². The van der Waals surface area contributed by atoms with Crippen LogP contribution in [0.1, 0.15) is 5.69 Å². The van der Waals surface area contributed by atoms with Crippen molar-refractivity contribution < 1.29 is 5.11 Å². The molecule has 2 aromatic heterocycles. The van der Waals surface area contributed by atoms with Crippen LogP contribution in [0.25, 0.3) is 16.4 Å². The van der Waals surface area contributed by atoms with Crippen LogP contribution >= 0.6 is 11.3 Å². The van der Waals surface area contributed by atoms with E-state index >= 15 is 0 Å². The average Bonchev–Trinajstić information content (AvgIpc) is 3.27. The highest BCUT2D eigenvalue weighted by atomic mass is 32.1. The van der Waals surface area contributed by atoms with E-state index < -0.39 is 0 Å². The second-order valence-electron chi connectivity index (χ2n) is 5.80. The molecule has 0 unspecified atom stereocenters. The molecule has 134 valence electrons. The Hall–Kier alpha value is -3.52. The number of aromatic hydroxyl groups is 1. The zero-order valence-electron chi connectivity index (χ0n) is 14.3. The molecule has 0 fully saturated rings. The summed E-state index contributed by atoms with van der Waals surface area (Å²) in [5.74, 6) is 0.00203. The van der Waals surface area contributed by atoms with Gasteiger partial charge in [0.25, 0.3) is 0 Å². The van der Waals surface area contributed by atoms with E-state index in [1.807, 2.05) is 35.7 Å². The Bertz CT molecular complexity index is 1170. The number of azo groups is 1. The summed E-state index contributed by atoms with van der Waals surface area (Å²) in [7, 11) is 0. The lowest BCUT2D eigenvalue weighted by atomic mass is 10.2. The van der Waals surface area contributed by atoms with Crippen LogP contribution in [0.15, 0.2) is 75.0 Å². The van der Waals surface area contributed by atoms with Crippen molar-refractivity contribution in [1.29, 1.82) is 0 Å². The van der Waals surface area contributed by atoms with Gasteiger partial charge in [0.05, 0.1) is 11.4 Å². The molecule has 0 saturated heterocycles. The highest BCUT2D eigenvalue weighted by Gasteiger charge is 2.15. The second-order valence-corrected chi connectivity index (χ2v) is 6.63. The minimum absolute atomic E-state index is 0.00203. The van der Waals surface area contributed by atoms with Crippen molar-refractivity contribution in [3.63, 3.8) is 0 Å². The summed E-state index contributed by atoms with van der Waals surface area (Å²) in [6, 6.07) is 16.3. The van der Waals surface area contributed by atoms with Gasteiger partial charge in [-0.25, -0.2) is 4.98 Å². The molecular weight excluding hydrogens is 362 g/mol. The number of benzene rings is 2. The summed E-state index contributed by atoms with van der Waals surface area (Å²) in [5, 5.41) is 23.2. The lowest BCUT2D eigenvalue weighted by Crippen LogP contribution is -2.13. The number of thiazole rings is 1. The molecule has 0 saturated carbocycles. The molecule has 0 atom stereocenters. The number of H-pyrrole nitrogens is 1. The van der Waals surface area contributed by atoms with Crippen LogP contribution in [0, 0.1) is 6.92 Å². The smallest absolute Gasteiger partial charge is 0.301 e. The number of phenolic OH excluding ortho intramolecular Hbond substituents is 1. The van der Waals surface area contributed by atoms with Gasteiger partial charge in [-0.3, -0.25) is 9.89 Å². The van der Waals surface area contributed by atoms with Gasteiger partial charge >= 0.3 is 5.56 Å². The SMILES string of the molecule is Cc1[nH]n(-c2nc(-c3ccccc3)cs2)c(=O)c1N=Nc1ccccc1O. The van der Waals surface area contributed by atoms with Crippen LogP contribution < -0.4 is 5.56 Å². The Morgan fingerprint density at radius 2 is 1.81 bits per heavy atom. The summed E-state index contributed by atoms with van der Waals surface area (Å²) in [4.78, 5) is 17.3. The van der Waals surface area contributed by atoms with Gasteiger partial charge in [0, 0.05) is 10.9 Å². The molecule has 2 aromatic carbocycles. The van der Waals surface area contributed by atoms with E-state index in [4.69, 9.17) is 0 Å². The van der Waals surface area contributed by atoms with Crippen LogP contribution in [0.5, 0.6) is 5.75 Å². The molecule has 8 heteroatoms. The zero-order valence-corrected chi connectivity index (χ0v) is 15.1. The first-order valence-electron chi connectivity index (χ1n) is 8.16. The number of nitrogens with one attached hydrogen (secondary N) is 1. The van der Waals surface area contributed by atoms with E-state index in [9.17, 15) is 9.90 Å². The fourth-order valence-corrected chi connectivity index (χ4v) is 3.34. The molecule has 0 amide bonds. The fraction of sp³-hybridized carbons (Fsp3) is 0.0526. The first-order chi connectivity index (χ1) is 13.1. The average molecular weight is 377 g/mol. The zero-order chi connectivity index (χ0) is 18.8. The number of aryl methyl sites for hydroxylation is 1. The van der Waals surface area contributed by atoms with Crippen molar-refractivity contribution in [1.82, 2.24) is 14.8 Å². The predicted octanol–water partition coefficient (Wildman–Crippen LogP) is 4.72.